The maximum absolute atomic E-state index is 12.7. The predicted octanol–water partition coefficient (Wildman–Crippen LogP) is 1.43. The molecule has 0 amide bonds. The van der Waals surface area contributed by atoms with Crippen molar-refractivity contribution in [3.05, 3.63) is 48.8 Å². The van der Waals surface area contributed by atoms with Gasteiger partial charge in [0.25, 0.3) is 0 Å². The van der Waals surface area contributed by atoms with Gasteiger partial charge < -0.3 is 15.1 Å². The number of hydrogen-bond acceptors (Lipinski definition) is 6. The van der Waals surface area contributed by atoms with Crippen LogP contribution in [0.15, 0.2) is 58.7 Å². The van der Waals surface area contributed by atoms with E-state index in [-0.39, 0.29) is 11.8 Å². The Morgan fingerprint density at radius 2 is 1.76 bits per heavy atom. The molecule has 0 radical (unpaired) electrons. The third kappa shape index (κ3) is 5.44. The quantitative estimate of drug-likeness (QED) is 0.563. The summed E-state index contributed by atoms with van der Waals surface area (Å²) < 4.78 is 25.5. The van der Waals surface area contributed by atoms with Gasteiger partial charge in [0.15, 0.2) is 15.8 Å². The van der Waals surface area contributed by atoms with Crippen molar-refractivity contribution in [1.82, 2.24) is 20.2 Å². The highest BCUT2D eigenvalue weighted by molar-refractivity contribution is 7.91. The van der Waals surface area contributed by atoms with Crippen LogP contribution in [-0.4, -0.2) is 74.3 Å². The van der Waals surface area contributed by atoms with Crippen LogP contribution in [0.1, 0.15) is 13.3 Å². The monoisotopic (exact) mass is 416 g/mol. The standard InChI is InChI=1S/C20H28N6O2S/c1-3-17(16-29(27,28)18-8-5-4-6-9-18)24-19(21-2)25-12-14-26(15-13-25)20-22-10-7-11-23-20/h4-11,17H,3,12-16H2,1-2H3,(H,21,24). The van der Waals surface area contributed by atoms with Gasteiger partial charge in [-0.25, -0.2) is 18.4 Å². The van der Waals surface area contributed by atoms with Crippen LogP contribution in [0.2, 0.25) is 0 Å². The largest absolute Gasteiger partial charge is 0.352 e. The molecule has 0 aliphatic carbocycles. The Hall–Kier alpha value is -2.68. The number of benzene rings is 1. The Bertz CT molecular complexity index is 897. The fourth-order valence-electron chi connectivity index (χ4n) is 3.30. The lowest BCUT2D eigenvalue weighted by molar-refractivity contribution is 0.364. The van der Waals surface area contributed by atoms with Crippen molar-refractivity contribution in [2.24, 2.45) is 4.99 Å². The molecule has 1 saturated heterocycles. The van der Waals surface area contributed by atoms with E-state index in [4.69, 9.17) is 0 Å². The second kappa shape index (κ2) is 9.69. The van der Waals surface area contributed by atoms with Gasteiger partial charge in [-0.15, -0.1) is 0 Å². The minimum Gasteiger partial charge on any atom is -0.352 e. The Morgan fingerprint density at radius 3 is 2.34 bits per heavy atom. The molecule has 156 valence electrons. The molecule has 1 atom stereocenters. The van der Waals surface area contributed by atoms with Gasteiger partial charge in [0, 0.05) is 51.7 Å². The van der Waals surface area contributed by atoms with E-state index in [0.717, 1.165) is 38.1 Å². The van der Waals surface area contributed by atoms with E-state index < -0.39 is 9.84 Å². The summed E-state index contributed by atoms with van der Waals surface area (Å²) in [5.41, 5.74) is 0. The maximum atomic E-state index is 12.7. The third-order valence-electron chi connectivity index (χ3n) is 4.97. The summed E-state index contributed by atoms with van der Waals surface area (Å²) in [6, 6.07) is 10.2. The Morgan fingerprint density at radius 1 is 1.10 bits per heavy atom. The van der Waals surface area contributed by atoms with Gasteiger partial charge in [-0.1, -0.05) is 25.1 Å². The topological polar surface area (TPSA) is 90.8 Å². The van der Waals surface area contributed by atoms with Gasteiger partial charge in [0.1, 0.15) is 0 Å². The van der Waals surface area contributed by atoms with Crippen LogP contribution in [0.25, 0.3) is 0 Å². The summed E-state index contributed by atoms with van der Waals surface area (Å²) in [5.74, 6) is 1.49. The van der Waals surface area contributed by atoms with E-state index in [2.05, 4.69) is 30.1 Å². The number of rotatable bonds is 6. The first-order valence-corrected chi connectivity index (χ1v) is 11.5. The minimum atomic E-state index is -3.36. The number of hydrogen-bond donors (Lipinski definition) is 1. The van der Waals surface area contributed by atoms with Crippen LogP contribution in [0, 0.1) is 0 Å². The van der Waals surface area contributed by atoms with Crippen molar-refractivity contribution in [2.75, 3.05) is 43.9 Å². The highest BCUT2D eigenvalue weighted by Gasteiger charge is 2.25. The van der Waals surface area contributed by atoms with Crippen molar-refractivity contribution in [3.63, 3.8) is 0 Å². The molecule has 1 N–H and O–H groups in total. The Kier molecular flexibility index (Phi) is 7.03. The lowest BCUT2D eigenvalue weighted by Gasteiger charge is -2.37. The summed E-state index contributed by atoms with van der Waals surface area (Å²) in [7, 11) is -1.63. The van der Waals surface area contributed by atoms with Crippen molar-refractivity contribution in [3.8, 4) is 0 Å². The molecule has 1 fully saturated rings. The first kappa shape index (κ1) is 21.0. The van der Waals surface area contributed by atoms with E-state index in [1.807, 2.05) is 13.0 Å². The number of sulfone groups is 1. The molecule has 2 heterocycles. The highest BCUT2D eigenvalue weighted by Crippen LogP contribution is 2.14. The lowest BCUT2D eigenvalue weighted by Crippen LogP contribution is -2.55. The molecule has 8 nitrogen and oxygen atoms in total. The number of guanidine groups is 1. The lowest BCUT2D eigenvalue weighted by atomic mass is 10.2. The summed E-state index contributed by atoms with van der Waals surface area (Å²) in [5, 5.41) is 3.35. The molecule has 1 aromatic carbocycles. The molecule has 3 rings (SSSR count). The van der Waals surface area contributed by atoms with Crippen LogP contribution in [0.4, 0.5) is 5.95 Å². The second-order valence-corrected chi connectivity index (χ2v) is 8.95. The van der Waals surface area contributed by atoms with E-state index in [0.29, 0.717) is 11.3 Å². The first-order valence-electron chi connectivity index (χ1n) is 9.81. The number of anilines is 1. The van der Waals surface area contributed by atoms with Gasteiger partial charge in [-0.2, -0.15) is 0 Å². The molecule has 0 saturated carbocycles. The third-order valence-corrected chi connectivity index (χ3v) is 6.81. The zero-order valence-corrected chi connectivity index (χ0v) is 17.7. The summed E-state index contributed by atoms with van der Waals surface area (Å²) >= 11 is 0. The number of piperazine rings is 1. The van der Waals surface area contributed by atoms with Gasteiger partial charge >= 0.3 is 0 Å². The normalized spacial score (nSPS) is 16.6. The van der Waals surface area contributed by atoms with Crippen LogP contribution in [0.3, 0.4) is 0 Å². The molecule has 1 aliphatic rings. The molecular weight excluding hydrogens is 388 g/mol. The minimum absolute atomic E-state index is 0.0321. The van der Waals surface area contributed by atoms with Crippen molar-refractivity contribution < 1.29 is 8.42 Å². The van der Waals surface area contributed by atoms with Crippen molar-refractivity contribution in [1.29, 1.82) is 0 Å². The number of nitrogens with zero attached hydrogens (tertiary/aromatic N) is 5. The van der Waals surface area contributed by atoms with Crippen molar-refractivity contribution in [2.45, 2.75) is 24.3 Å². The van der Waals surface area contributed by atoms with Crippen LogP contribution < -0.4 is 10.2 Å². The molecule has 9 heteroatoms. The number of aliphatic imine (C=N–C) groups is 1. The fraction of sp³-hybridized carbons (Fsp3) is 0.450. The van der Waals surface area contributed by atoms with Gasteiger partial charge in [0.2, 0.25) is 5.95 Å². The fourth-order valence-corrected chi connectivity index (χ4v) is 4.92. The van der Waals surface area contributed by atoms with Crippen LogP contribution >= 0.6 is 0 Å². The smallest absolute Gasteiger partial charge is 0.225 e. The molecule has 0 spiro atoms. The summed E-state index contributed by atoms with van der Waals surface area (Å²) in [6.45, 7) is 5.07. The Balaban J connectivity index is 1.60. The van der Waals surface area contributed by atoms with Gasteiger partial charge in [-0.05, 0) is 24.6 Å². The van der Waals surface area contributed by atoms with E-state index >= 15 is 0 Å². The summed E-state index contributed by atoms with van der Waals surface area (Å²) in [4.78, 5) is 17.6. The van der Waals surface area contributed by atoms with Crippen LogP contribution in [0.5, 0.6) is 0 Å². The highest BCUT2D eigenvalue weighted by atomic mass is 32.2. The average molecular weight is 417 g/mol. The second-order valence-electron chi connectivity index (χ2n) is 6.91. The molecule has 0 bridgehead atoms. The van der Waals surface area contributed by atoms with E-state index in [1.165, 1.54) is 0 Å². The number of aromatic nitrogens is 2. The maximum Gasteiger partial charge on any atom is 0.225 e. The predicted molar refractivity (Wildman–Crippen MR) is 115 cm³/mol. The van der Waals surface area contributed by atoms with Crippen molar-refractivity contribution >= 4 is 21.7 Å². The molecular formula is C20H28N6O2S. The zero-order valence-electron chi connectivity index (χ0n) is 16.9. The Labute approximate surface area is 172 Å². The molecule has 2 aromatic rings. The molecule has 1 unspecified atom stereocenters. The van der Waals surface area contributed by atoms with E-state index in [9.17, 15) is 8.42 Å². The average Bonchev–Trinajstić information content (AvgIpc) is 2.78. The molecule has 1 aromatic heterocycles. The zero-order chi connectivity index (χ0) is 20.7. The molecule has 1 aliphatic heterocycles. The van der Waals surface area contributed by atoms with Gasteiger partial charge in [-0.3, -0.25) is 4.99 Å². The van der Waals surface area contributed by atoms with E-state index in [1.54, 1.807) is 49.8 Å². The SMILES string of the molecule is CCC(CS(=O)(=O)c1ccccc1)NC(=NC)N1CCN(c2ncccn2)CC1. The summed E-state index contributed by atoms with van der Waals surface area (Å²) in [6.07, 6.45) is 4.17. The molecule has 29 heavy (non-hydrogen) atoms. The first-order chi connectivity index (χ1) is 14.0. The van der Waals surface area contributed by atoms with Gasteiger partial charge in [0.05, 0.1) is 10.6 Å². The number of nitrogens with one attached hydrogen (secondary N) is 1. The van der Waals surface area contributed by atoms with Crippen LogP contribution in [-0.2, 0) is 9.84 Å².